The number of likely N-dealkylation sites (tertiary alicyclic amines) is 1. The van der Waals surface area contributed by atoms with Crippen molar-refractivity contribution in [3.05, 3.63) is 11.1 Å². The maximum absolute atomic E-state index is 11.9. The van der Waals surface area contributed by atoms with E-state index in [1.807, 2.05) is 25.2 Å². The summed E-state index contributed by atoms with van der Waals surface area (Å²) in [7, 11) is 0.504. The number of rotatable bonds is 5. The van der Waals surface area contributed by atoms with E-state index in [9.17, 15) is 18.3 Å². The monoisotopic (exact) mass is 374 g/mol. The third-order valence-corrected chi connectivity index (χ3v) is 7.21. The molecule has 0 aromatic carbocycles. The maximum atomic E-state index is 11.9. The number of carboxylic acid groups (broad SMARTS) is 1. The van der Waals surface area contributed by atoms with Crippen LogP contribution in [0.5, 0.6) is 0 Å². The Hall–Kier alpha value is -1.23. The molecule has 24 heavy (non-hydrogen) atoms. The Kier molecular flexibility index (Phi) is 4.35. The number of carboxylic acids is 1. The van der Waals surface area contributed by atoms with Crippen LogP contribution in [0.1, 0.15) is 4.88 Å². The summed E-state index contributed by atoms with van der Waals surface area (Å²) in [5, 5.41) is 10.7. The highest BCUT2D eigenvalue weighted by Crippen LogP contribution is 2.44. The minimum absolute atomic E-state index is 0.0635. The number of sulfonamides is 1. The van der Waals surface area contributed by atoms with Gasteiger partial charge in [-0.25, -0.2) is 17.7 Å². The fourth-order valence-corrected chi connectivity index (χ4v) is 5.39. The van der Waals surface area contributed by atoms with Crippen LogP contribution in [-0.4, -0.2) is 80.2 Å². The van der Waals surface area contributed by atoms with Gasteiger partial charge < -0.3 is 10.0 Å². The summed E-state index contributed by atoms with van der Waals surface area (Å²) in [6.45, 7) is 1.96. The SMILES string of the molecule is CN(C)c1ncc(CN2C[C@@H]3CN(S(C)(=O)=O)C[C@]3(C(=O)O)C2)s1. The van der Waals surface area contributed by atoms with Crippen LogP contribution in [0.2, 0.25) is 0 Å². The van der Waals surface area contributed by atoms with Crippen molar-refractivity contribution in [3.63, 3.8) is 0 Å². The van der Waals surface area contributed by atoms with Gasteiger partial charge in [0, 0.05) is 63.8 Å². The van der Waals surface area contributed by atoms with Crippen LogP contribution in [-0.2, 0) is 21.4 Å². The predicted molar refractivity (Wildman–Crippen MR) is 91.7 cm³/mol. The second-order valence-corrected chi connectivity index (χ2v) is 9.96. The van der Waals surface area contributed by atoms with Gasteiger partial charge in [-0.05, 0) is 0 Å². The molecule has 134 valence electrons. The normalized spacial score (nSPS) is 28.2. The Morgan fingerprint density at radius 3 is 2.67 bits per heavy atom. The first-order valence-electron chi connectivity index (χ1n) is 7.65. The van der Waals surface area contributed by atoms with Crippen molar-refractivity contribution < 1.29 is 18.3 Å². The molecule has 0 unspecified atom stereocenters. The Labute approximate surface area is 145 Å². The van der Waals surface area contributed by atoms with Crippen LogP contribution in [0.4, 0.5) is 5.13 Å². The fraction of sp³-hybridized carbons (Fsp3) is 0.714. The first kappa shape index (κ1) is 17.6. The predicted octanol–water partition coefficient (Wildman–Crippen LogP) is -0.0129. The van der Waals surface area contributed by atoms with Crippen molar-refractivity contribution in [3.8, 4) is 0 Å². The molecular formula is C14H22N4O4S2. The minimum atomic E-state index is -3.36. The molecule has 1 aromatic heterocycles. The highest BCUT2D eigenvalue weighted by Gasteiger charge is 2.59. The van der Waals surface area contributed by atoms with Crippen molar-refractivity contribution in [2.45, 2.75) is 6.54 Å². The minimum Gasteiger partial charge on any atom is -0.481 e. The van der Waals surface area contributed by atoms with Crippen molar-refractivity contribution >= 4 is 32.5 Å². The number of nitrogens with zero attached hydrogens (tertiary/aromatic N) is 4. The van der Waals surface area contributed by atoms with E-state index in [1.54, 1.807) is 11.3 Å². The number of aliphatic carboxylic acids is 1. The summed E-state index contributed by atoms with van der Waals surface area (Å²) in [5.74, 6) is -1.08. The smallest absolute Gasteiger partial charge is 0.312 e. The van der Waals surface area contributed by atoms with E-state index in [1.165, 1.54) is 4.31 Å². The van der Waals surface area contributed by atoms with Gasteiger partial charge in [0.1, 0.15) is 0 Å². The van der Waals surface area contributed by atoms with Gasteiger partial charge in [0.15, 0.2) is 5.13 Å². The van der Waals surface area contributed by atoms with Gasteiger partial charge in [-0.15, -0.1) is 11.3 Å². The summed E-state index contributed by atoms with van der Waals surface area (Å²) in [6.07, 6.45) is 2.96. The van der Waals surface area contributed by atoms with Gasteiger partial charge in [0.2, 0.25) is 10.0 Å². The molecule has 0 amide bonds. The highest BCUT2D eigenvalue weighted by molar-refractivity contribution is 7.88. The van der Waals surface area contributed by atoms with Crippen molar-refractivity contribution in [2.24, 2.45) is 11.3 Å². The van der Waals surface area contributed by atoms with Crippen LogP contribution in [0.3, 0.4) is 0 Å². The lowest BCUT2D eigenvalue weighted by molar-refractivity contribution is -0.148. The zero-order chi connectivity index (χ0) is 17.7. The average Bonchev–Trinajstić information content (AvgIpc) is 3.09. The Morgan fingerprint density at radius 1 is 1.46 bits per heavy atom. The lowest BCUT2D eigenvalue weighted by Gasteiger charge is -2.24. The first-order valence-corrected chi connectivity index (χ1v) is 10.3. The van der Waals surface area contributed by atoms with Crippen LogP contribution >= 0.6 is 11.3 Å². The molecule has 2 aliphatic heterocycles. The topological polar surface area (TPSA) is 94.1 Å². The maximum Gasteiger partial charge on any atom is 0.312 e. The molecule has 2 atom stereocenters. The molecule has 10 heteroatoms. The Bertz CT molecular complexity index is 748. The zero-order valence-electron chi connectivity index (χ0n) is 14.0. The van der Waals surface area contributed by atoms with Crippen LogP contribution in [0.15, 0.2) is 6.20 Å². The first-order chi connectivity index (χ1) is 11.1. The standard InChI is InChI=1S/C14H22N4O4S2/c1-16(2)13-15-4-11(23-13)7-17-5-10-6-18(24(3,21)22)9-14(10,8-17)12(19)20/h4,10H,5-9H2,1-3H3,(H,19,20)/t10-,14-/m1/s1. The summed E-state index contributed by atoms with van der Waals surface area (Å²) >= 11 is 1.59. The summed E-state index contributed by atoms with van der Waals surface area (Å²) in [5.41, 5.74) is -1.00. The average molecular weight is 374 g/mol. The van der Waals surface area contributed by atoms with E-state index in [0.717, 1.165) is 16.3 Å². The molecule has 2 aliphatic rings. The Balaban J connectivity index is 1.74. The molecule has 0 aliphatic carbocycles. The molecule has 2 fully saturated rings. The lowest BCUT2D eigenvalue weighted by Crippen LogP contribution is -2.41. The molecule has 0 saturated carbocycles. The van der Waals surface area contributed by atoms with Gasteiger partial charge in [-0.3, -0.25) is 9.69 Å². The van der Waals surface area contributed by atoms with E-state index in [2.05, 4.69) is 9.88 Å². The van der Waals surface area contributed by atoms with Crippen molar-refractivity contribution in [1.82, 2.24) is 14.2 Å². The summed E-state index contributed by atoms with van der Waals surface area (Å²) in [6, 6.07) is 0. The van der Waals surface area contributed by atoms with Crippen molar-refractivity contribution in [2.75, 3.05) is 51.4 Å². The summed E-state index contributed by atoms with van der Waals surface area (Å²) in [4.78, 5) is 21.4. The van der Waals surface area contributed by atoms with E-state index >= 15 is 0 Å². The number of hydrogen-bond donors (Lipinski definition) is 1. The van der Waals surface area contributed by atoms with Crippen LogP contribution < -0.4 is 4.90 Å². The molecule has 3 heterocycles. The van der Waals surface area contributed by atoms with Crippen molar-refractivity contribution in [1.29, 1.82) is 0 Å². The molecular weight excluding hydrogens is 352 g/mol. The molecule has 0 bridgehead atoms. The van der Waals surface area contributed by atoms with E-state index in [0.29, 0.717) is 19.6 Å². The second-order valence-electron chi connectivity index (χ2n) is 6.89. The third kappa shape index (κ3) is 3.03. The molecule has 3 rings (SSSR count). The summed E-state index contributed by atoms with van der Waals surface area (Å²) < 4.78 is 24.9. The molecule has 1 aromatic rings. The van der Waals surface area contributed by atoms with Gasteiger partial charge in [0.05, 0.1) is 11.7 Å². The molecule has 0 radical (unpaired) electrons. The van der Waals surface area contributed by atoms with E-state index in [-0.39, 0.29) is 19.0 Å². The molecule has 1 N–H and O–H groups in total. The largest absolute Gasteiger partial charge is 0.481 e. The number of aromatic nitrogens is 1. The highest BCUT2D eigenvalue weighted by atomic mass is 32.2. The number of hydrogen-bond acceptors (Lipinski definition) is 7. The van der Waals surface area contributed by atoms with Gasteiger partial charge in [-0.2, -0.15) is 0 Å². The number of thiazole rings is 1. The second kappa shape index (κ2) is 5.94. The molecule has 2 saturated heterocycles. The van der Waals surface area contributed by atoms with Crippen LogP contribution in [0.25, 0.3) is 0 Å². The third-order valence-electron chi connectivity index (χ3n) is 4.85. The van der Waals surface area contributed by atoms with Gasteiger partial charge >= 0.3 is 5.97 Å². The number of anilines is 1. The Morgan fingerprint density at radius 2 is 2.17 bits per heavy atom. The lowest BCUT2D eigenvalue weighted by atomic mass is 9.81. The quantitative estimate of drug-likeness (QED) is 0.774. The van der Waals surface area contributed by atoms with Crippen LogP contribution in [0, 0.1) is 11.3 Å². The van der Waals surface area contributed by atoms with E-state index in [4.69, 9.17) is 0 Å². The molecule has 8 nitrogen and oxygen atoms in total. The zero-order valence-corrected chi connectivity index (χ0v) is 15.6. The number of fused-ring (bicyclic) bond motifs is 1. The van der Waals surface area contributed by atoms with Gasteiger partial charge in [-0.1, -0.05) is 0 Å². The molecule has 0 spiro atoms. The fourth-order valence-electron chi connectivity index (χ4n) is 3.60. The van der Waals surface area contributed by atoms with E-state index < -0.39 is 21.4 Å². The van der Waals surface area contributed by atoms with Gasteiger partial charge in [0.25, 0.3) is 0 Å². The number of carbonyl (C=O) groups is 1.